The first-order chi connectivity index (χ1) is 20.4. The van der Waals surface area contributed by atoms with Gasteiger partial charge in [0.2, 0.25) is 0 Å². The highest BCUT2D eigenvalue weighted by Gasteiger charge is 2.35. The minimum atomic E-state index is -0.367. The number of allylic oxidation sites excluding steroid dienone is 1. The van der Waals surface area contributed by atoms with Gasteiger partial charge < -0.3 is 14.5 Å². The molecule has 9 heteroatoms. The summed E-state index contributed by atoms with van der Waals surface area (Å²) >= 11 is 0. The summed E-state index contributed by atoms with van der Waals surface area (Å²) in [5.74, 6) is 1.09. The van der Waals surface area contributed by atoms with Crippen LogP contribution in [0.2, 0.25) is 0 Å². The molecule has 1 saturated heterocycles. The van der Waals surface area contributed by atoms with Gasteiger partial charge in [0.05, 0.1) is 24.3 Å². The summed E-state index contributed by atoms with van der Waals surface area (Å²) < 4.78 is 20.7. The Balaban J connectivity index is 1.54. The van der Waals surface area contributed by atoms with Crippen LogP contribution in [0.25, 0.3) is 5.57 Å². The molecule has 3 aromatic rings. The topological polar surface area (TPSA) is 85.1 Å². The van der Waals surface area contributed by atoms with Crippen molar-refractivity contribution in [3.63, 3.8) is 0 Å². The number of carbonyl (C=O) groups is 1. The van der Waals surface area contributed by atoms with Crippen LogP contribution in [0, 0.1) is 17.1 Å². The Hall–Kier alpha value is -5.23. The Morgan fingerprint density at radius 2 is 1.95 bits per heavy atom. The molecule has 0 bridgehead atoms. The van der Waals surface area contributed by atoms with Crippen molar-refractivity contribution in [2.24, 2.45) is 4.99 Å². The van der Waals surface area contributed by atoms with Gasteiger partial charge in [-0.3, -0.25) is 9.69 Å². The first-order valence-electron chi connectivity index (χ1n) is 13.6. The molecule has 0 saturated carbocycles. The summed E-state index contributed by atoms with van der Waals surface area (Å²) in [6, 6.07) is 19.1. The zero-order valence-electron chi connectivity index (χ0n) is 23.8. The molecule has 1 atom stereocenters. The number of para-hydroxylation sites is 1. The van der Waals surface area contributed by atoms with Crippen molar-refractivity contribution < 1.29 is 13.9 Å². The largest absolute Gasteiger partial charge is 0.496 e. The average molecular weight is 563 g/mol. The van der Waals surface area contributed by atoms with E-state index in [9.17, 15) is 10.1 Å². The number of anilines is 1. The van der Waals surface area contributed by atoms with E-state index in [1.807, 2.05) is 30.9 Å². The number of nitrogens with zero attached hydrogens (tertiary/aromatic N) is 6. The van der Waals surface area contributed by atoms with Crippen LogP contribution in [0.3, 0.4) is 0 Å². The van der Waals surface area contributed by atoms with Crippen molar-refractivity contribution in [1.29, 1.82) is 5.26 Å². The number of carbonyl (C=O) groups excluding carboxylic acids is 1. The molecule has 8 nitrogen and oxygen atoms in total. The summed E-state index contributed by atoms with van der Waals surface area (Å²) in [6.07, 6.45) is 4.80. The number of pyridine rings is 1. The maximum Gasteiger partial charge on any atom is 0.257 e. The van der Waals surface area contributed by atoms with E-state index >= 15 is 4.39 Å². The van der Waals surface area contributed by atoms with Crippen molar-refractivity contribution in [3.05, 3.63) is 120 Å². The van der Waals surface area contributed by atoms with Crippen LogP contribution in [0.4, 0.5) is 10.2 Å². The second kappa shape index (κ2) is 12.1. The van der Waals surface area contributed by atoms with Gasteiger partial charge in [-0.25, -0.2) is 14.4 Å². The monoisotopic (exact) mass is 562 g/mol. The van der Waals surface area contributed by atoms with Crippen molar-refractivity contribution in [3.8, 4) is 11.8 Å². The van der Waals surface area contributed by atoms with E-state index in [1.54, 1.807) is 66.9 Å². The lowest BCUT2D eigenvalue weighted by atomic mass is 9.97. The van der Waals surface area contributed by atoms with Crippen LogP contribution in [0.5, 0.6) is 5.75 Å². The summed E-state index contributed by atoms with van der Waals surface area (Å²) in [6.45, 7) is 9.43. The molecule has 0 spiro atoms. The quantitative estimate of drug-likeness (QED) is 0.388. The van der Waals surface area contributed by atoms with Gasteiger partial charge in [0.1, 0.15) is 23.2 Å². The van der Waals surface area contributed by atoms with Crippen molar-refractivity contribution >= 4 is 23.1 Å². The molecule has 2 aliphatic rings. The molecule has 2 aliphatic heterocycles. The third kappa shape index (κ3) is 5.27. The molecule has 1 fully saturated rings. The van der Waals surface area contributed by atoms with Crippen molar-refractivity contribution in [2.45, 2.75) is 19.9 Å². The second-order valence-electron chi connectivity index (χ2n) is 10.00. The lowest BCUT2D eigenvalue weighted by molar-refractivity contribution is 0.0539. The molecule has 0 N–H and O–H groups in total. The van der Waals surface area contributed by atoms with E-state index in [2.05, 4.69) is 27.5 Å². The molecule has 212 valence electrons. The van der Waals surface area contributed by atoms with Crippen LogP contribution in [0.1, 0.15) is 35.3 Å². The Kier molecular flexibility index (Phi) is 8.16. The molecule has 3 heterocycles. The predicted molar refractivity (Wildman–Crippen MR) is 161 cm³/mol. The zero-order valence-corrected chi connectivity index (χ0v) is 23.8. The Morgan fingerprint density at radius 3 is 2.67 bits per heavy atom. The van der Waals surface area contributed by atoms with Gasteiger partial charge in [0.25, 0.3) is 5.91 Å². The first-order valence-corrected chi connectivity index (χ1v) is 13.6. The lowest BCUT2D eigenvalue weighted by Gasteiger charge is -2.42. The van der Waals surface area contributed by atoms with E-state index in [1.165, 1.54) is 12.3 Å². The zero-order chi connectivity index (χ0) is 29.8. The second-order valence-corrected chi connectivity index (χ2v) is 10.00. The maximum atomic E-state index is 15.2. The summed E-state index contributed by atoms with van der Waals surface area (Å²) in [5, 5.41) is 9.48. The van der Waals surface area contributed by atoms with Gasteiger partial charge in [-0.1, -0.05) is 36.9 Å². The SMILES string of the molecule is C=CN=C1/C(=C(\C)N2CCN(C(=O)c3ccccc3OC)C(C)C2)C(c2ccccc2F)=CN1c1cc(C#N)ccn1. The Labute approximate surface area is 245 Å². The third-order valence-corrected chi connectivity index (χ3v) is 7.54. The van der Waals surface area contributed by atoms with Crippen LogP contribution < -0.4 is 9.64 Å². The van der Waals surface area contributed by atoms with Gasteiger partial charge in [0, 0.05) is 66.7 Å². The molecule has 0 aliphatic carbocycles. The number of aromatic nitrogens is 1. The van der Waals surface area contributed by atoms with E-state index in [-0.39, 0.29) is 17.8 Å². The Bertz CT molecular complexity index is 1670. The number of amides is 1. The lowest BCUT2D eigenvalue weighted by Crippen LogP contribution is -2.53. The van der Waals surface area contributed by atoms with E-state index in [4.69, 9.17) is 4.74 Å². The van der Waals surface area contributed by atoms with Gasteiger partial charge in [-0.05, 0) is 44.2 Å². The normalized spacial score (nSPS) is 18.9. The smallest absolute Gasteiger partial charge is 0.257 e. The molecule has 2 aromatic carbocycles. The van der Waals surface area contributed by atoms with Crippen LogP contribution >= 0.6 is 0 Å². The number of hydrogen-bond acceptors (Lipinski definition) is 6. The summed E-state index contributed by atoms with van der Waals surface area (Å²) in [7, 11) is 1.56. The summed E-state index contributed by atoms with van der Waals surface area (Å²) in [4.78, 5) is 28.4. The standard InChI is InChI=1S/C33H31FN6O2/c1-5-36-32-31(23(3)38-16-17-39(22(2)20-38)33(41)26-11-7-9-13-29(26)42-4)27(25-10-6-8-12-28(25)34)21-40(32)30-18-24(19-35)14-15-37-30/h5-15,18,21-22H,1,16-17,20H2,2-4H3/b31-23+,36-32?. The number of methoxy groups -OCH3 is 1. The summed E-state index contributed by atoms with van der Waals surface area (Å²) in [5.41, 5.74) is 3.62. The van der Waals surface area contributed by atoms with Crippen LogP contribution in [0.15, 0.2) is 102 Å². The predicted octanol–water partition coefficient (Wildman–Crippen LogP) is 5.62. The van der Waals surface area contributed by atoms with Gasteiger partial charge >= 0.3 is 0 Å². The maximum absolute atomic E-state index is 15.2. The van der Waals surface area contributed by atoms with Gasteiger partial charge in [-0.15, -0.1) is 0 Å². The molecule has 42 heavy (non-hydrogen) atoms. The highest BCUT2D eigenvalue weighted by molar-refractivity contribution is 6.25. The van der Waals surface area contributed by atoms with E-state index in [0.29, 0.717) is 59.3 Å². The number of benzene rings is 2. The molecular formula is C33H31FN6O2. The van der Waals surface area contributed by atoms with Gasteiger partial charge in [-0.2, -0.15) is 5.26 Å². The molecule has 1 amide bonds. The number of piperazine rings is 1. The molecule has 1 unspecified atom stereocenters. The molecule has 5 rings (SSSR count). The number of halogens is 1. The van der Waals surface area contributed by atoms with Crippen molar-refractivity contribution in [2.75, 3.05) is 31.6 Å². The minimum Gasteiger partial charge on any atom is -0.496 e. The van der Waals surface area contributed by atoms with Gasteiger partial charge in [0.15, 0.2) is 0 Å². The first kappa shape index (κ1) is 28.3. The number of aliphatic imine (C=N–C) groups is 1. The number of amidine groups is 1. The molecular weight excluding hydrogens is 531 g/mol. The molecule has 1 aromatic heterocycles. The van der Waals surface area contributed by atoms with Crippen LogP contribution in [-0.2, 0) is 0 Å². The minimum absolute atomic E-state index is 0.0822. The Morgan fingerprint density at radius 1 is 1.19 bits per heavy atom. The highest BCUT2D eigenvalue weighted by Crippen LogP contribution is 2.39. The highest BCUT2D eigenvalue weighted by atomic mass is 19.1. The van der Waals surface area contributed by atoms with E-state index in [0.717, 1.165) is 11.3 Å². The molecule has 0 radical (unpaired) electrons. The number of ether oxygens (including phenoxy) is 1. The fourth-order valence-electron chi connectivity index (χ4n) is 5.44. The number of hydrogen-bond donors (Lipinski definition) is 0. The third-order valence-electron chi connectivity index (χ3n) is 7.54. The van der Waals surface area contributed by atoms with Crippen LogP contribution in [-0.4, -0.2) is 59.3 Å². The number of rotatable bonds is 6. The fraction of sp³-hybridized carbons (Fsp3) is 0.212. The van der Waals surface area contributed by atoms with Crippen molar-refractivity contribution in [1.82, 2.24) is 14.8 Å². The fourth-order valence-corrected chi connectivity index (χ4v) is 5.44. The number of nitriles is 1. The average Bonchev–Trinajstić information content (AvgIpc) is 3.39. The van der Waals surface area contributed by atoms with E-state index < -0.39 is 0 Å².